The van der Waals surface area contributed by atoms with Crippen LogP contribution in [0.1, 0.15) is 17.5 Å². The topological polar surface area (TPSA) is 54.6 Å². The average Bonchev–Trinajstić information content (AvgIpc) is 3.01. The zero-order chi connectivity index (χ0) is 13.4. The van der Waals surface area contributed by atoms with Crippen molar-refractivity contribution < 1.29 is 9.90 Å². The normalized spacial score (nSPS) is 11.2. The van der Waals surface area contributed by atoms with Crippen LogP contribution in [0.3, 0.4) is 0 Å². The van der Waals surface area contributed by atoms with E-state index in [2.05, 4.69) is 18.0 Å². The number of carbonyl (C=O) groups is 1. The summed E-state index contributed by atoms with van der Waals surface area (Å²) < 4.78 is 2.02. The third-order valence-corrected chi connectivity index (χ3v) is 4.93. The van der Waals surface area contributed by atoms with Crippen molar-refractivity contribution in [1.82, 2.24) is 9.38 Å². The Morgan fingerprint density at radius 3 is 3.00 bits per heavy atom. The highest BCUT2D eigenvalue weighted by Gasteiger charge is 2.16. The van der Waals surface area contributed by atoms with Gasteiger partial charge in [0.15, 0.2) is 4.96 Å². The fraction of sp³-hybridized carbons (Fsp3) is 0.231. The second-order valence-corrected chi connectivity index (χ2v) is 6.17. The molecule has 0 aromatic carbocycles. The molecule has 6 heteroatoms. The number of aryl methyl sites for hydroxylation is 1. The summed E-state index contributed by atoms with van der Waals surface area (Å²) >= 11 is 3.33. The number of aromatic nitrogens is 2. The molecular formula is C13H12N2O2S2. The van der Waals surface area contributed by atoms with Gasteiger partial charge in [0, 0.05) is 11.1 Å². The maximum Gasteiger partial charge on any atom is 0.309 e. The highest BCUT2D eigenvalue weighted by Crippen LogP contribution is 2.34. The van der Waals surface area contributed by atoms with E-state index in [0.29, 0.717) is 5.69 Å². The minimum Gasteiger partial charge on any atom is -0.481 e. The van der Waals surface area contributed by atoms with Gasteiger partial charge < -0.3 is 5.11 Å². The minimum atomic E-state index is -0.848. The highest BCUT2D eigenvalue weighted by molar-refractivity contribution is 7.18. The molecule has 0 bridgehead atoms. The summed E-state index contributed by atoms with van der Waals surface area (Å²) in [6.07, 6.45) is 2.77. The number of hydrogen-bond donors (Lipinski definition) is 1. The van der Waals surface area contributed by atoms with Crippen LogP contribution < -0.4 is 0 Å². The second-order valence-electron chi connectivity index (χ2n) is 4.16. The maximum atomic E-state index is 10.8. The molecule has 0 saturated heterocycles. The number of hydrogen-bond acceptors (Lipinski definition) is 4. The number of thiophene rings is 1. The molecule has 0 saturated carbocycles. The van der Waals surface area contributed by atoms with E-state index in [9.17, 15) is 4.79 Å². The van der Waals surface area contributed by atoms with Gasteiger partial charge in [0.2, 0.25) is 0 Å². The first-order valence-electron chi connectivity index (χ1n) is 5.94. The molecule has 0 amide bonds. The monoisotopic (exact) mass is 292 g/mol. The smallest absolute Gasteiger partial charge is 0.309 e. The zero-order valence-electron chi connectivity index (χ0n) is 10.3. The van der Waals surface area contributed by atoms with Crippen LogP contribution in [-0.2, 0) is 17.6 Å². The minimum absolute atomic E-state index is 0.0280. The van der Waals surface area contributed by atoms with Crippen molar-refractivity contribution in [1.29, 1.82) is 0 Å². The summed E-state index contributed by atoms with van der Waals surface area (Å²) in [5.41, 5.74) is 1.76. The summed E-state index contributed by atoms with van der Waals surface area (Å²) in [7, 11) is 0. The van der Waals surface area contributed by atoms with Gasteiger partial charge in [-0.05, 0) is 17.9 Å². The van der Waals surface area contributed by atoms with Gasteiger partial charge in [-0.3, -0.25) is 9.20 Å². The molecule has 0 aliphatic carbocycles. The average molecular weight is 292 g/mol. The number of thiazole rings is 1. The zero-order valence-corrected chi connectivity index (χ0v) is 11.9. The van der Waals surface area contributed by atoms with Crippen LogP contribution in [0, 0.1) is 0 Å². The van der Waals surface area contributed by atoms with E-state index < -0.39 is 5.97 Å². The van der Waals surface area contributed by atoms with Gasteiger partial charge >= 0.3 is 5.97 Å². The molecule has 1 N–H and O–H groups in total. The van der Waals surface area contributed by atoms with Crippen LogP contribution in [-0.4, -0.2) is 20.5 Å². The number of carboxylic acids is 1. The molecule has 0 unspecified atom stereocenters. The molecule has 3 heterocycles. The fourth-order valence-corrected chi connectivity index (χ4v) is 4.02. The largest absolute Gasteiger partial charge is 0.481 e. The van der Waals surface area contributed by atoms with Crippen molar-refractivity contribution in [2.45, 2.75) is 19.8 Å². The van der Waals surface area contributed by atoms with Gasteiger partial charge in [-0.15, -0.1) is 22.7 Å². The molecule has 98 valence electrons. The molecule has 3 aromatic heterocycles. The van der Waals surface area contributed by atoms with Gasteiger partial charge in [-0.1, -0.05) is 13.0 Å². The number of aliphatic carboxylic acids is 1. The first-order chi connectivity index (χ1) is 9.19. The third kappa shape index (κ3) is 2.17. The quantitative estimate of drug-likeness (QED) is 0.802. The van der Waals surface area contributed by atoms with Gasteiger partial charge in [0.1, 0.15) is 0 Å². The van der Waals surface area contributed by atoms with Gasteiger partial charge in [-0.25, -0.2) is 4.98 Å². The third-order valence-electron chi connectivity index (χ3n) is 2.85. The molecule has 3 rings (SSSR count). The molecule has 0 aliphatic heterocycles. The van der Waals surface area contributed by atoms with Crippen molar-refractivity contribution in [2.75, 3.05) is 0 Å². The van der Waals surface area contributed by atoms with E-state index in [0.717, 1.165) is 17.1 Å². The Morgan fingerprint density at radius 2 is 2.37 bits per heavy atom. The molecule has 0 atom stereocenters. The summed E-state index contributed by atoms with van der Waals surface area (Å²) in [4.78, 5) is 18.5. The Labute approximate surface area is 118 Å². The molecule has 0 aliphatic rings. The lowest BCUT2D eigenvalue weighted by Gasteiger charge is -1.99. The first-order valence-corrected chi connectivity index (χ1v) is 7.64. The number of fused-ring (bicyclic) bond motifs is 1. The molecule has 0 fully saturated rings. The summed E-state index contributed by atoms with van der Waals surface area (Å²) in [6, 6.07) is 4.11. The van der Waals surface area contributed by atoms with Gasteiger partial charge in [0.25, 0.3) is 0 Å². The Balaban J connectivity index is 2.17. The Kier molecular flexibility index (Phi) is 3.12. The number of imidazole rings is 1. The first kappa shape index (κ1) is 12.4. The highest BCUT2D eigenvalue weighted by atomic mass is 32.1. The Bertz CT molecular complexity index is 725. The number of carboxylic acid groups (broad SMARTS) is 1. The standard InChI is InChI=1S/C13H12N2O2S2/c1-2-9-12(10-4-3-5-18-10)15-7-8(6-11(16)17)14-13(15)19-9/h3-5,7H,2,6H2,1H3,(H,16,17). The van der Waals surface area contributed by atoms with Crippen LogP contribution in [0.5, 0.6) is 0 Å². The molecular weight excluding hydrogens is 280 g/mol. The van der Waals surface area contributed by atoms with Crippen LogP contribution in [0.2, 0.25) is 0 Å². The van der Waals surface area contributed by atoms with E-state index in [-0.39, 0.29) is 6.42 Å². The fourth-order valence-electron chi connectivity index (χ4n) is 2.08. The second kappa shape index (κ2) is 4.79. The number of rotatable bonds is 4. The SMILES string of the molecule is CCc1sc2nc(CC(=O)O)cn2c1-c1cccs1. The molecule has 4 nitrogen and oxygen atoms in total. The predicted octanol–water partition coefficient (Wildman–Crippen LogP) is 3.31. The van der Waals surface area contributed by atoms with Crippen molar-refractivity contribution in [3.8, 4) is 10.6 Å². The van der Waals surface area contributed by atoms with Crippen LogP contribution in [0.15, 0.2) is 23.7 Å². The Hall–Kier alpha value is -1.66. The van der Waals surface area contributed by atoms with E-state index in [1.807, 2.05) is 22.0 Å². The maximum absolute atomic E-state index is 10.8. The lowest BCUT2D eigenvalue weighted by molar-refractivity contribution is -0.136. The summed E-state index contributed by atoms with van der Waals surface area (Å²) in [6.45, 7) is 2.13. The number of nitrogens with zero attached hydrogens (tertiary/aromatic N) is 2. The van der Waals surface area contributed by atoms with Gasteiger partial charge in [-0.2, -0.15) is 0 Å². The predicted molar refractivity (Wildman–Crippen MR) is 77.1 cm³/mol. The summed E-state index contributed by atoms with van der Waals surface area (Å²) in [5, 5.41) is 10.9. The molecule has 0 spiro atoms. The van der Waals surface area contributed by atoms with Crippen molar-refractivity contribution in [3.05, 3.63) is 34.3 Å². The van der Waals surface area contributed by atoms with Crippen LogP contribution >= 0.6 is 22.7 Å². The van der Waals surface area contributed by atoms with E-state index in [1.54, 1.807) is 22.7 Å². The van der Waals surface area contributed by atoms with E-state index in [1.165, 1.54) is 9.75 Å². The summed E-state index contributed by atoms with van der Waals surface area (Å²) in [5.74, 6) is -0.848. The van der Waals surface area contributed by atoms with Crippen molar-refractivity contribution in [2.24, 2.45) is 0 Å². The lowest BCUT2D eigenvalue weighted by Crippen LogP contribution is -1.99. The molecule has 0 radical (unpaired) electrons. The van der Waals surface area contributed by atoms with Crippen LogP contribution in [0.4, 0.5) is 0 Å². The molecule has 19 heavy (non-hydrogen) atoms. The van der Waals surface area contributed by atoms with Gasteiger partial charge in [0.05, 0.1) is 22.7 Å². The van der Waals surface area contributed by atoms with Crippen molar-refractivity contribution in [3.63, 3.8) is 0 Å². The van der Waals surface area contributed by atoms with E-state index in [4.69, 9.17) is 5.11 Å². The lowest BCUT2D eigenvalue weighted by atomic mass is 10.2. The Morgan fingerprint density at radius 1 is 1.53 bits per heavy atom. The van der Waals surface area contributed by atoms with E-state index >= 15 is 0 Å². The molecule has 3 aromatic rings. The van der Waals surface area contributed by atoms with Crippen LogP contribution in [0.25, 0.3) is 15.5 Å². The van der Waals surface area contributed by atoms with Crippen molar-refractivity contribution >= 4 is 33.6 Å².